The molecule has 0 aliphatic carbocycles. The molecule has 1 aromatic heterocycles. The third-order valence-electron chi connectivity index (χ3n) is 3.57. The SMILES string of the molecule is CC(Nc1nccn(C(C)C)c1=O)C(=O)N1CCCC1. The van der Waals surface area contributed by atoms with Crippen molar-refractivity contribution in [1.29, 1.82) is 0 Å². The van der Waals surface area contributed by atoms with Crippen molar-refractivity contribution in [1.82, 2.24) is 14.5 Å². The second kappa shape index (κ2) is 6.07. The molecule has 110 valence electrons. The number of carbonyl (C=O) groups excluding carboxylic acids is 1. The molecule has 1 fully saturated rings. The van der Waals surface area contributed by atoms with Gasteiger partial charge in [0.05, 0.1) is 0 Å². The monoisotopic (exact) mass is 278 g/mol. The highest BCUT2D eigenvalue weighted by Gasteiger charge is 2.24. The van der Waals surface area contributed by atoms with Gasteiger partial charge in [-0.1, -0.05) is 0 Å². The molecule has 1 N–H and O–H groups in total. The van der Waals surface area contributed by atoms with Gasteiger partial charge in [-0.2, -0.15) is 0 Å². The summed E-state index contributed by atoms with van der Waals surface area (Å²) in [6.07, 6.45) is 5.35. The lowest BCUT2D eigenvalue weighted by Gasteiger charge is -2.21. The largest absolute Gasteiger partial charge is 0.354 e. The number of nitrogens with one attached hydrogen (secondary N) is 1. The van der Waals surface area contributed by atoms with Gasteiger partial charge in [0.25, 0.3) is 5.56 Å². The lowest BCUT2D eigenvalue weighted by molar-refractivity contribution is -0.130. The Labute approximate surface area is 118 Å². The van der Waals surface area contributed by atoms with Crippen LogP contribution in [-0.4, -0.2) is 39.5 Å². The minimum absolute atomic E-state index is 0.0312. The van der Waals surface area contributed by atoms with Crippen LogP contribution >= 0.6 is 0 Å². The molecule has 2 rings (SSSR count). The first-order valence-corrected chi connectivity index (χ1v) is 7.13. The fourth-order valence-corrected chi connectivity index (χ4v) is 2.41. The zero-order chi connectivity index (χ0) is 14.7. The molecule has 6 nitrogen and oxygen atoms in total. The van der Waals surface area contributed by atoms with Gasteiger partial charge in [0.1, 0.15) is 6.04 Å². The average Bonchev–Trinajstić information content (AvgIpc) is 2.93. The van der Waals surface area contributed by atoms with Gasteiger partial charge in [-0.3, -0.25) is 9.59 Å². The summed E-state index contributed by atoms with van der Waals surface area (Å²) in [4.78, 5) is 30.3. The van der Waals surface area contributed by atoms with Crippen LogP contribution in [-0.2, 0) is 4.79 Å². The summed E-state index contributed by atoms with van der Waals surface area (Å²) in [5, 5.41) is 2.95. The molecule has 0 saturated carbocycles. The van der Waals surface area contributed by atoms with Crippen molar-refractivity contribution in [3.63, 3.8) is 0 Å². The van der Waals surface area contributed by atoms with Crippen LogP contribution in [0.25, 0.3) is 0 Å². The van der Waals surface area contributed by atoms with Crippen LogP contribution in [0.5, 0.6) is 0 Å². The van der Waals surface area contributed by atoms with Crippen molar-refractivity contribution >= 4 is 11.7 Å². The number of aromatic nitrogens is 2. The van der Waals surface area contributed by atoms with Crippen LogP contribution in [0, 0.1) is 0 Å². The summed E-state index contributed by atoms with van der Waals surface area (Å²) < 4.78 is 1.60. The number of anilines is 1. The van der Waals surface area contributed by atoms with E-state index >= 15 is 0 Å². The third kappa shape index (κ3) is 3.00. The fourth-order valence-electron chi connectivity index (χ4n) is 2.41. The van der Waals surface area contributed by atoms with Crippen molar-refractivity contribution in [2.75, 3.05) is 18.4 Å². The molecule has 1 aromatic rings. The Morgan fingerprint density at radius 3 is 2.55 bits per heavy atom. The second-order valence-electron chi connectivity index (χ2n) is 5.48. The first-order valence-electron chi connectivity index (χ1n) is 7.13. The summed E-state index contributed by atoms with van der Waals surface area (Å²) in [6.45, 7) is 7.26. The Morgan fingerprint density at radius 1 is 1.30 bits per heavy atom. The van der Waals surface area contributed by atoms with E-state index in [0.717, 1.165) is 25.9 Å². The van der Waals surface area contributed by atoms with Gasteiger partial charge >= 0.3 is 0 Å². The topological polar surface area (TPSA) is 67.2 Å². The Hall–Kier alpha value is -1.85. The zero-order valence-electron chi connectivity index (χ0n) is 12.3. The van der Waals surface area contributed by atoms with Gasteiger partial charge in [0.2, 0.25) is 5.91 Å². The van der Waals surface area contributed by atoms with E-state index in [-0.39, 0.29) is 23.3 Å². The minimum atomic E-state index is -0.434. The van der Waals surface area contributed by atoms with Crippen LogP contribution in [0.15, 0.2) is 17.2 Å². The molecule has 20 heavy (non-hydrogen) atoms. The first kappa shape index (κ1) is 14.6. The summed E-state index contributed by atoms with van der Waals surface area (Å²) in [7, 11) is 0. The van der Waals surface area contributed by atoms with Gasteiger partial charge < -0.3 is 14.8 Å². The molecule has 0 aromatic carbocycles. The highest BCUT2D eigenvalue weighted by atomic mass is 16.2. The van der Waals surface area contributed by atoms with E-state index in [1.807, 2.05) is 18.7 Å². The van der Waals surface area contributed by atoms with E-state index in [2.05, 4.69) is 10.3 Å². The number of likely N-dealkylation sites (tertiary alicyclic amines) is 1. The number of carbonyl (C=O) groups is 1. The molecule has 0 bridgehead atoms. The van der Waals surface area contributed by atoms with Crippen LogP contribution < -0.4 is 10.9 Å². The fraction of sp³-hybridized carbons (Fsp3) is 0.643. The lowest BCUT2D eigenvalue weighted by atomic mass is 10.3. The summed E-state index contributed by atoms with van der Waals surface area (Å²) in [5.41, 5.74) is -0.191. The Morgan fingerprint density at radius 2 is 1.95 bits per heavy atom. The molecule has 1 saturated heterocycles. The molecular weight excluding hydrogens is 256 g/mol. The third-order valence-corrected chi connectivity index (χ3v) is 3.57. The second-order valence-corrected chi connectivity index (χ2v) is 5.48. The van der Waals surface area contributed by atoms with Gasteiger partial charge in [0.15, 0.2) is 5.82 Å². The number of rotatable bonds is 4. The molecule has 1 amide bonds. The van der Waals surface area contributed by atoms with E-state index in [1.54, 1.807) is 23.9 Å². The highest BCUT2D eigenvalue weighted by molar-refractivity contribution is 5.84. The number of nitrogens with zero attached hydrogens (tertiary/aromatic N) is 3. The molecule has 0 spiro atoms. The van der Waals surface area contributed by atoms with E-state index in [4.69, 9.17) is 0 Å². The van der Waals surface area contributed by atoms with Crippen molar-refractivity contribution in [3.05, 3.63) is 22.7 Å². The first-order chi connectivity index (χ1) is 9.50. The lowest BCUT2D eigenvalue weighted by Crippen LogP contribution is -2.41. The van der Waals surface area contributed by atoms with E-state index in [9.17, 15) is 9.59 Å². The summed E-state index contributed by atoms with van der Waals surface area (Å²) in [5.74, 6) is 0.268. The molecule has 0 radical (unpaired) electrons. The normalized spacial score (nSPS) is 16.5. The maximum atomic E-state index is 12.2. The maximum Gasteiger partial charge on any atom is 0.293 e. The predicted octanol–water partition coefficient (Wildman–Crippen LogP) is 1.25. The van der Waals surface area contributed by atoms with E-state index < -0.39 is 6.04 Å². The van der Waals surface area contributed by atoms with E-state index in [0.29, 0.717) is 0 Å². The number of amides is 1. The Bertz CT molecular complexity index is 532. The molecule has 1 aliphatic rings. The quantitative estimate of drug-likeness (QED) is 0.900. The van der Waals surface area contributed by atoms with Crippen molar-refractivity contribution < 1.29 is 4.79 Å². The minimum Gasteiger partial charge on any atom is -0.354 e. The highest BCUT2D eigenvalue weighted by Crippen LogP contribution is 2.10. The van der Waals surface area contributed by atoms with Crippen molar-refractivity contribution in [2.45, 2.75) is 45.7 Å². The average molecular weight is 278 g/mol. The standard InChI is InChI=1S/C14H22N4O2/c1-10(2)18-9-6-15-12(14(18)20)16-11(3)13(19)17-7-4-5-8-17/h6,9-11H,4-5,7-8H2,1-3H3,(H,15,16). The molecule has 2 heterocycles. The van der Waals surface area contributed by atoms with Crippen LogP contribution in [0.1, 0.15) is 39.7 Å². The van der Waals surface area contributed by atoms with Crippen LogP contribution in [0.3, 0.4) is 0 Å². The predicted molar refractivity (Wildman–Crippen MR) is 77.8 cm³/mol. The van der Waals surface area contributed by atoms with Gasteiger partial charge in [-0.25, -0.2) is 4.98 Å². The Balaban J connectivity index is 2.11. The molecule has 6 heteroatoms. The number of hydrogen-bond donors (Lipinski definition) is 1. The van der Waals surface area contributed by atoms with Crippen LogP contribution in [0.4, 0.5) is 5.82 Å². The summed E-state index contributed by atoms with van der Waals surface area (Å²) >= 11 is 0. The number of hydrogen-bond acceptors (Lipinski definition) is 4. The zero-order valence-corrected chi connectivity index (χ0v) is 12.3. The molecule has 1 aliphatic heterocycles. The molecule has 1 atom stereocenters. The van der Waals surface area contributed by atoms with Crippen molar-refractivity contribution in [3.8, 4) is 0 Å². The smallest absolute Gasteiger partial charge is 0.293 e. The van der Waals surface area contributed by atoms with Gasteiger partial charge in [-0.15, -0.1) is 0 Å². The maximum absolute atomic E-state index is 12.2. The van der Waals surface area contributed by atoms with E-state index in [1.165, 1.54) is 0 Å². The molecule has 1 unspecified atom stereocenters. The van der Waals surface area contributed by atoms with Crippen molar-refractivity contribution in [2.24, 2.45) is 0 Å². The van der Waals surface area contributed by atoms with Gasteiger partial charge in [-0.05, 0) is 33.6 Å². The van der Waals surface area contributed by atoms with Gasteiger partial charge in [0, 0.05) is 31.5 Å². The summed E-state index contributed by atoms with van der Waals surface area (Å²) in [6, 6.07) is -0.369. The molecular formula is C14H22N4O2. The van der Waals surface area contributed by atoms with Crippen LogP contribution in [0.2, 0.25) is 0 Å². The Kier molecular flexibility index (Phi) is 4.42.